The van der Waals surface area contributed by atoms with Gasteiger partial charge in [0.05, 0.1) is 11.4 Å². The largest absolute Gasteiger partial charge is 0.344 e. The molecule has 0 bridgehead atoms. The minimum absolute atomic E-state index is 0.0415. The van der Waals surface area contributed by atoms with Crippen molar-refractivity contribution in [2.75, 3.05) is 13.1 Å². The van der Waals surface area contributed by atoms with Gasteiger partial charge in [-0.2, -0.15) is 4.31 Å². The first-order valence-corrected chi connectivity index (χ1v) is 12.9. The Labute approximate surface area is 196 Å². The molecule has 1 aromatic carbocycles. The van der Waals surface area contributed by atoms with E-state index < -0.39 is 15.6 Å². The number of hydrogen-bond acceptors (Lipinski definition) is 4. The Morgan fingerprint density at radius 1 is 1.03 bits per heavy atom. The number of aromatic nitrogens is 2. The van der Waals surface area contributed by atoms with E-state index in [2.05, 4.69) is 25.9 Å². The molecule has 1 saturated heterocycles. The van der Waals surface area contributed by atoms with Gasteiger partial charge < -0.3 is 9.13 Å². The Morgan fingerprint density at radius 2 is 1.70 bits per heavy atom. The van der Waals surface area contributed by atoms with Crippen molar-refractivity contribution in [2.45, 2.75) is 44.7 Å². The number of ketones is 1. The number of carbonyl (C=O) groups excluding carboxylic acids is 1. The molecule has 9 heteroatoms. The lowest BCUT2D eigenvalue weighted by molar-refractivity contribution is 0.0969. The summed E-state index contributed by atoms with van der Waals surface area (Å²) in [6, 6.07) is 12.5. The maximum atomic E-state index is 13.1. The van der Waals surface area contributed by atoms with Crippen molar-refractivity contribution in [1.82, 2.24) is 13.4 Å². The molecule has 3 heterocycles. The fourth-order valence-corrected chi connectivity index (χ4v) is 5.97. The van der Waals surface area contributed by atoms with Crippen molar-refractivity contribution in [2.24, 2.45) is 0 Å². The third-order valence-electron chi connectivity index (χ3n) is 6.17. The van der Waals surface area contributed by atoms with Gasteiger partial charge in [0.2, 0.25) is 10.0 Å². The van der Waals surface area contributed by atoms with Crippen LogP contribution in [0.25, 0.3) is 0 Å². The molecule has 0 amide bonds. The number of aryl methyl sites for hydroxylation is 1. The highest BCUT2D eigenvalue weighted by molar-refractivity contribution is 7.89. The molecule has 0 radical (unpaired) electrons. The van der Waals surface area contributed by atoms with Gasteiger partial charge in [0.15, 0.2) is 5.78 Å². The van der Waals surface area contributed by atoms with Crippen LogP contribution in [0.2, 0.25) is 0 Å². The van der Waals surface area contributed by atoms with Crippen LogP contribution in [-0.2, 0) is 23.1 Å². The molecule has 0 spiro atoms. The van der Waals surface area contributed by atoms with Crippen LogP contribution in [0.15, 0.2) is 58.4 Å². The number of carbonyl (C=O) groups is 1. The van der Waals surface area contributed by atoms with Crippen molar-refractivity contribution in [3.8, 4) is 0 Å². The summed E-state index contributed by atoms with van der Waals surface area (Å²) in [5.74, 6) is -0.229. The van der Waals surface area contributed by atoms with E-state index in [0.29, 0.717) is 25.2 Å². The lowest BCUT2D eigenvalue weighted by Gasteiger charge is -2.16. The molecule has 1 unspecified atom stereocenters. The number of hydrogen-bond donors (Lipinski definition) is 0. The standard InChI is InChI=1S/C24H28N3O4PS/c1-17-13-22(18(2)27(17)14-19-5-7-20(32)8-6-19)23(28)16-25-15-21(9-10-24(25)29)33(30,31)26-11-3-4-12-26/h5-10,13,15H,3-4,11-12,14,16,32H2,1-2H3. The average Bonchev–Trinajstić information content (AvgIpc) is 3.42. The summed E-state index contributed by atoms with van der Waals surface area (Å²) in [7, 11) is -1.01. The van der Waals surface area contributed by atoms with Gasteiger partial charge in [0, 0.05) is 48.8 Å². The van der Waals surface area contributed by atoms with Crippen molar-refractivity contribution in [3.05, 3.63) is 81.5 Å². The van der Waals surface area contributed by atoms with Gasteiger partial charge in [-0.1, -0.05) is 24.3 Å². The molecule has 0 aliphatic carbocycles. The molecule has 0 N–H and O–H groups in total. The fraction of sp³-hybridized carbons (Fsp3) is 0.333. The van der Waals surface area contributed by atoms with Crippen LogP contribution in [0, 0.1) is 13.8 Å². The quantitative estimate of drug-likeness (QED) is 0.380. The predicted octanol–water partition coefficient (Wildman–Crippen LogP) is 2.48. The summed E-state index contributed by atoms with van der Waals surface area (Å²) in [4.78, 5) is 25.6. The van der Waals surface area contributed by atoms with Crippen molar-refractivity contribution in [1.29, 1.82) is 0 Å². The zero-order chi connectivity index (χ0) is 23.8. The number of benzene rings is 1. The second-order valence-corrected chi connectivity index (χ2v) is 11.1. The Morgan fingerprint density at radius 3 is 2.36 bits per heavy atom. The van der Waals surface area contributed by atoms with Gasteiger partial charge >= 0.3 is 0 Å². The van der Waals surface area contributed by atoms with Crippen molar-refractivity contribution < 1.29 is 13.2 Å². The van der Waals surface area contributed by atoms with Crippen molar-refractivity contribution in [3.63, 3.8) is 0 Å². The molecule has 1 aliphatic rings. The minimum Gasteiger partial charge on any atom is -0.344 e. The van der Waals surface area contributed by atoms with Crippen LogP contribution in [0.5, 0.6) is 0 Å². The van der Waals surface area contributed by atoms with Gasteiger partial charge in [-0.15, -0.1) is 9.24 Å². The van der Waals surface area contributed by atoms with Gasteiger partial charge in [-0.25, -0.2) is 8.42 Å². The molecule has 174 valence electrons. The molecule has 1 fully saturated rings. The van der Waals surface area contributed by atoms with E-state index in [9.17, 15) is 18.0 Å². The van der Waals surface area contributed by atoms with E-state index in [4.69, 9.17) is 0 Å². The van der Waals surface area contributed by atoms with E-state index in [1.807, 2.05) is 32.0 Å². The smallest absolute Gasteiger partial charge is 0.251 e. The molecular formula is C24H28N3O4PS. The zero-order valence-corrected chi connectivity index (χ0v) is 20.8. The van der Waals surface area contributed by atoms with Gasteiger partial charge in [0.25, 0.3) is 5.56 Å². The molecule has 1 atom stereocenters. The molecular weight excluding hydrogens is 457 g/mol. The van der Waals surface area contributed by atoms with E-state index >= 15 is 0 Å². The first-order valence-electron chi connectivity index (χ1n) is 10.9. The molecule has 1 aliphatic heterocycles. The second-order valence-electron chi connectivity index (χ2n) is 8.48. The highest BCUT2D eigenvalue weighted by atomic mass is 32.2. The molecule has 4 rings (SSSR count). The highest BCUT2D eigenvalue weighted by Gasteiger charge is 2.28. The second kappa shape index (κ2) is 9.37. The monoisotopic (exact) mass is 485 g/mol. The molecule has 3 aromatic rings. The SMILES string of the molecule is Cc1cc(C(=O)Cn2cc(S(=O)(=O)N3CCCC3)ccc2=O)c(C)n1Cc1ccc(P)cc1. The van der Waals surface area contributed by atoms with E-state index in [1.54, 1.807) is 0 Å². The lowest BCUT2D eigenvalue weighted by atomic mass is 10.1. The molecule has 0 saturated carbocycles. The van der Waals surface area contributed by atoms with Crippen LogP contribution in [0.1, 0.15) is 40.2 Å². The van der Waals surface area contributed by atoms with Crippen molar-refractivity contribution >= 4 is 30.4 Å². The van der Waals surface area contributed by atoms with E-state index in [0.717, 1.165) is 35.1 Å². The van der Waals surface area contributed by atoms with Crippen LogP contribution in [0.4, 0.5) is 0 Å². The number of Topliss-reactive ketones (excluding diaryl/α,β-unsaturated/α-hetero) is 1. The summed E-state index contributed by atoms with van der Waals surface area (Å²) in [5.41, 5.74) is 3.02. The number of pyridine rings is 1. The molecule has 7 nitrogen and oxygen atoms in total. The van der Waals surface area contributed by atoms with Gasteiger partial charge in [-0.05, 0) is 49.7 Å². The third kappa shape index (κ3) is 4.88. The van der Waals surface area contributed by atoms with Gasteiger partial charge in [-0.3, -0.25) is 9.59 Å². The number of sulfonamides is 1. The summed E-state index contributed by atoms with van der Waals surface area (Å²) in [6.45, 7) is 5.22. The summed E-state index contributed by atoms with van der Waals surface area (Å²) >= 11 is 0. The topological polar surface area (TPSA) is 81.4 Å². The molecule has 33 heavy (non-hydrogen) atoms. The first-order chi connectivity index (χ1) is 15.7. The summed E-state index contributed by atoms with van der Waals surface area (Å²) in [6.07, 6.45) is 2.94. The molecule has 2 aromatic heterocycles. The normalized spacial score (nSPS) is 14.6. The maximum absolute atomic E-state index is 13.1. The van der Waals surface area contributed by atoms with Crippen LogP contribution in [0.3, 0.4) is 0 Å². The Balaban J connectivity index is 1.59. The fourth-order valence-electron chi connectivity index (χ4n) is 4.24. The third-order valence-corrected chi connectivity index (χ3v) is 8.43. The maximum Gasteiger partial charge on any atom is 0.251 e. The van der Waals surface area contributed by atoms with Crippen LogP contribution < -0.4 is 10.9 Å². The lowest BCUT2D eigenvalue weighted by Crippen LogP contribution is -2.30. The zero-order valence-electron chi connectivity index (χ0n) is 18.8. The van der Waals surface area contributed by atoms with E-state index in [-0.39, 0.29) is 17.2 Å². The number of rotatable bonds is 7. The Kier molecular flexibility index (Phi) is 6.71. The van der Waals surface area contributed by atoms with E-state index in [1.165, 1.54) is 27.2 Å². The summed E-state index contributed by atoms with van der Waals surface area (Å²) < 4.78 is 30.4. The number of nitrogens with zero attached hydrogens (tertiary/aromatic N) is 3. The Bertz CT molecular complexity index is 1350. The van der Waals surface area contributed by atoms with Crippen LogP contribution in [-0.4, -0.2) is 40.7 Å². The highest BCUT2D eigenvalue weighted by Crippen LogP contribution is 2.21. The predicted molar refractivity (Wildman–Crippen MR) is 132 cm³/mol. The average molecular weight is 486 g/mol. The Hall–Kier alpha value is -2.54. The van der Waals surface area contributed by atoms with Crippen LogP contribution >= 0.6 is 9.24 Å². The summed E-state index contributed by atoms with van der Waals surface area (Å²) in [5, 5.41) is 1.11. The minimum atomic E-state index is -3.67. The first kappa shape index (κ1) is 23.6. The van der Waals surface area contributed by atoms with Gasteiger partial charge in [0.1, 0.15) is 0 Å².